The molecule has 3 rings (SSSR count). The number of aromatic nitrogens is 1. The van der Waals surface area contributed by atoms with E-state index in [9.17, 15) is 10.1 Å². The summed E-state index contributed by atoms with van der Waals surface area (Å²) in [4.78, 5) is 14.5. The maximum atomic E-state index is 10.7. The summed E-state index contributed by atoms with van der Waals surface area (Å²) >= 11 is 0. The van der Waals surface area contributed by atoms with Gasteiger partial charge in [0.25, 0.3) is 5.69 Å². The Morgan fingerprint density at radius 2 is 2.11 bits per heavy atom. The van der Waals surface area contributed by atoms with Crippen molar-refractivity contribution in [3.05, 3.63) is 28.3 Å². The number of non-ortho nitro benzene ring substituents is 1. The molecule has 1 aliphatic heterocycles. The average molecular weight is 262 g/mol. The van der Waals surface area contributed by atoms with Crippen molar-refractivity contribution in [3.63, 3.8) is 0 Å². The second-order valence-corrected chi connectivity index (χ2v) is 4.59. The van der Waals surface area contributed by atoms with Gasteiger partial charge in [0.15, 0.2) is 5.58 Å². The zero-order valence-electron chi connectivity index (χ0n) is 10.3. The number of hydrogen-bond donors (Lipinski definition) is 1. The van der Waals surface area contributed by atoms with Crippen LogP contribution in [0.4, 0.5) is 11.7 Å². The molecule has 2 aromatic rings. The van der Waals surface area contributed by atoms with Crippen LogP contribution < -0.4 is 5.43 Å². The van der Waals surface area contributed by atoms with Crippen molar-refractivity contribution < 1.29 is 9.34 Å². The van der Waals surface area contributed by atoms with E-state index < -0.39 is 4.92 Å². The Balaban J connectivity index is 1.82. The Hall–Kier alpha value is -2.15. The molecule has 0 amide bonds. The zero-order chi connectivity index (χ0) is 13.2. The fraction of sp³-hybridized carbons (Fsp3) is 0.417. The van der Waals surface area contributed by atoms with Crippen molar-refractivity contribution in [1.82, 2.24) is 9.99 Å². The number of nitrogens with zero attached hydrogens (tertiary/aromatic N) is 3. The van der Waals surface area contributed by atoms with Crippen molar-refractivity contribution in [1.29, 1.82) is 0 Å². The standard InChI is InChI=1S/C12H14N4O3/c17-16(18)9-4-5-10-11(8-9)19-12(13-10)14-15-6-2-1-3-7-15/h4-5,8H,1-3,6-7H2,(H,13,14). The first-order chi connectivity index (χ1) is 9.22. The molecule has 0 aliphatic carbocycles. The SMILES string of the molecule is O=[N+]([O-])c1ccc2nc(NN3CCCCC3)oc2c1. The van der Waals surface area contributed by atoms with Crippen LogP contribution in [0.1, 0.15) is 19.3 Å². The minimum atomic E-state index is -0.445. The number of piperidine rings is 1. The number of hydrazine groups is 1. The minimum absolute atomic E-state index is 0.00757. The van der Waals surface area contributed by atoms with Crippen LogP contribution >= 0.6 is 0 Å². The van der Waals surface area contributed by atoms with E-state index in [0.717, 1.165) is 25.9 Å². The maximum absolute atomic E-state index is 10.7. The first-order valence-corrected chi connectivity index (χ1v) is 6.29. The van der Waals surface area contributed by atoms with Crippen LogP contribution in [0.2, 0.25) is 0 Å². The fourth-order valence-electron chi connectivity index (χ4n) is 2.22. The Bertz CT molecular complexity index is 604. The molecule has 0 atom stereocenters. The van der Waals surface area contributed by atoms with E-state index in [0.29, 0.717) is 17.1 Å². The lowest BCUT2D eigenvalue weighted by atomic mass is 10.2. The number of nitro groups is 1. The zero-order valence-corrected chi connectivity index (χ0v) is 10.3. The number of nitro benzene ring substituents is 1. The molecular formula is C12H14N4O3. The van der Waals surface area contributed by atoms with Gasteiger partial charge in [-0.15, -0.1) is 0 Å². The summed E-state index contributed by atoms with van der Waals surface area (Å²) in [7, 11) is 0. The summed E-state index contributed by atoms with van der Waals surface area (Å²) in [6.07, 6.45) is 3.55. The molecular weight excluding hydrogens is 248 g/mol. The predicted molar refractivity (Wildman–Crippen MR) is 69.7 cm³/mol. The molecule has 7 heteroatoms. The highest BCUT2D eigenvalue weighted by Gasteiger charge is 2.15. The molecule has 100 valence electrons. The van der Waals surface area contributed by atoms with Gasteiger partial charge in [0.2, 0.25) is 0 Å². The maximum Gasteiger partial charge on any atom is 0.310 e. The number of anilines is 1. The van der Waals surface area contributed by atoms with Crippen molar-refractivity contribution in [2.75, 3.05) is 18.5 Å². The van der Waals surface area contributed by atoms with Crippen LogP contribution in [-0.2, 0) is 0 Å². The molecule has 0 bridgehead atoms. The number of rotatable bonds is 3. The van der Waals surface area contributed by atoms with Crippen LogP contribution in [-0.4, -0.2) is 28.0 Å². The first-order valence-electron chi connectivity index (χ1n) is 6.29. The van der Waals surface area contributed by atoms with E-state index in [-0.39, 0.29) is 5.69 Å². The molecule has 7 nitrogen and oxygen atoms in total. The molecule has 2 heterocycles. The summed E-state index contributed by atoms with van der Waals surface area (Å²) < 4.78 is 5.49. The molecule has 0 radical (unpaired) electrons. The second kappa shape index (κ2) is 4.85. The molecule has 1 aromatic carbocycles. The third kappa shape index (κ3) is 2.50. The van der Waals surface area contributed by atoms with Gasteiger partial charge in [-0.25, -0.2) is 5.01 Å². The van der Waals surface area contributed by atoms with Crippen molar-refractivity contribution >= 4 is 22.8 Å². The van der Waals surface area contributed by atoms with E-state index in [2.05, 4.69) is 15.4 Å². The highest BCUT2D eigenvalue weighted by Crippen LogP contribution is 2.24. The van der Waals surface area contributed by atoms with Gasteiger partial charge in [-0.1, -0.05) is 6.42 Å². The highest BCUT2D eigenvalue weighted by molar-refractivity contribution is 5.77. The summed E-state index contributed by atoms with van der Waals surface area (Å²) in [5.41, 5.74) is 4.15. The Morgan fingerprint density at radius 3 is 2.84 bits per heavy atom. The third-order valence-electron chi connectivity index (χ3n) is 3.19. The predicted octanol–water partition coefficient (Wildman–Crippen LogP) is 2.55. The van der Waals surface area contributed by atoms with Gasteiger partial charge < -0.3 is 4.42 Å². The lowest BCUT2D eigenvalue weighted by Gasteiger charge is -2.25. The van der Waals surface area contributed by atoms with Crippen molar-refractivity contribution in [3.8, 4) is 0 Å². The van der Waals surface area contributed by atoms with Crippen LogP contribution in [0.15, 0.2) is 22.6 Å². The molecule has 19 heavy (non-hydrogen) atoms. The summed E-state index contributed by atoms with van der Waals surface area (Å²) in [6.45, 7) is 1.91. The fourth-order valence-corrected chi connectivity index (χ4v) is 2.22. The van der Waals surface area contributed by atoms with Crippen LogP contribution in [0.3, 0.4) is 0 Å². The van der Waals surface area contributed by atoms with Gasteiger partial charge in [0, 0.05) is 19.2 Å². The van der Waals surface area contributed by atoms with E-state index in [1.54, 1.807) is 6.07 Å². The van der Waals surface area contributed by atoms with Crippen LogP contribution in [0.5, 0.6) is 0 Å². The summed E-state index contributed by atoms with van der Waals surface area (Å²) in [5.74, 6) is 0. The number of benzene rings is 1. The van der Waals surface area contributed by atoms with Gasteiger partial charge >= 0.3 is 6.01 Å². The molecule has 0 saturated carbocycles. The quantitative estimate of drug-likeness (QED) is 0.676. The largest absolute Gasteiger partial charge is 0.422 e. The van der Waals surface area contributed by atoms with E-state index >= 15 is 0 Å². The minimum Gasteiger partial charge on any atom is -0.422 e. The lowest BCUT2D eigenvalue weighted by Crippen LogP contribution is -2.34. The van der Waals surface area contributed by atoms with Gasteiger partial charge in [-0.3, -0.25) is 15.5 Å². The lowest BCUT2D eigenvalue weighted by molar-refractivity contribution is -0.384. The monoisotopic (exact) mass is 262 g/mol. The van der Waals surface area contributed by atoms with Crippen LogP contribution in [0.25, 0.3) is 11.1 Å². The second-order valence-electron chi connectivity index (χ2n) is 4.59. The molecule has 1 fully saturated rings. The summed E-state index contributed by atoms with van der Waals surface area (Å²) in [5, 5.41) is 12.7. The Labute approximate surface area is 109 Å². The molecule has 1 saturated heterocycles. The number of hydrogen-bond acceptors (Lipinski definition) is 6. The molecule has 0 unspecified atom stereocenters. The molecule has 1 aliphatic rings. The van der Waals surface area contributed by atoms with E-state index in [4.69, 9.17) is 4.42 Å². The van der Waals surface area contributed by atoms with Crippen LogP contribution in [0, 0.1) is 10.1 Å². The number of oxazole rings is 1. The van der Waals surface area contributed by atoms with Gasteiger partial charge in [-0.2, -0.15) is 4.98 Å². The number of fused-ring (bicyclic) bond motifs is 1. The Morgan fingerprint density at radius 1 is 1.32 bits per heavy atom. The summed E-state index contributed by atoms with van der Waals surface area (Å²) in [6, 6.07) is 4.80. The molecule has 0 spiro atoms. The smallest absolute Gasteiger partial charge is 0.310 e. The normalized spacial score (nSPS) is 16.6. The Kier molecular flexibility index (Phi) is 3.04. The first kappa shape index (κ1) is 11.9. The number of nitrogens with one attached hydrogen (secondary N) is 1. The molecule has 1 N–H and O–H groups in total. The average Bonchev–Trinajstić information content (AvgIpc) is 2.80. The topological polar surface area (TPSA) is 84.4 Å². The van der Waals surface area contributed by atoms with Gasteiger partial charge in [0.05, 0.1) is 11.0 Å². The third-order valence-corrected chi connectivity index (χ3v) is 3.19. The van der Waals surface area contributed by atoms with Crippen molar-refractivity contribution in [2.45, 2.75) is 19.3 Å². The van der Waals surface area contributed by atoms with Gasteiger partial charge in [0.1, 0.15) is 5.52 Å². The van der Waals surface area contributed by atoms with Crippen molar-refractivity contribution in [2.24, 2.45) is 0 Å². The molecule has 1 aromatic heterocycles. The van der Waals surface area contributed by atoms with Gasteiger partial charge in [-0.05, 0) is 18.9 Å². The van der Waals surface area contributed by atoms with E-state index in [1.807, 2.05) is 0 Å². The van der Waals surface area contributed by atoms with E-state index in [1.165, 1.54) is 18.6 Å². The highest BCUT2D eigenvalue weighted by atomic mass is 16.6.